The van der Waals surface area contributed by atoms with Gasteiger partial charge >= 0.3 is 0 Å². The van der Waals surface area contributed by atoms with Crippen molar-refractivity contribution in [3.63, 3.8) is 0 Å². The largest absolute Gasteiger partial charge is 0.358 e. The molecule has 1 unspecified atom stereocenters. The second kappa shape index (κ2) is 5.75. The molecular formula is C12H17FN4O. The highest BCUT2D eigenvalue weighted by Crippen LogP contribution is 2.12. The number of piperidine rings is 1. The molecule has 1 saturated heterocycles. The minimum atomic E-state index is -0.606. The molecule has 0 aromatic carbocycles. The van der Waals surface area contributed by atoms with Crippen molar-refractivity contribution in [1.29, 1.82) is 0 Å². The second-order valence-corrected chi connectivity index (χ2v) is 4.48. The summed E-state index contributed by atoms with van der Waals surface area (Å²) in [5.74, 6) is -0.237. The Labute approximate surface area is 105 Å². The van der Waals surface area contributed by atoms with E-state index in [9.17, 15) is 9.18 Å². The van der Waals surface area contributed by atoms with Crippen molar-refractivity contribution in [2.24, 2.45) is 0 Å². The van der Waals surface area contributed by atoms with E-state index in [0.29, 0.717) is 5.82 Å². The molecule has 6 heteroatoms. The summed E-state index contributed by atoms with van der Waals surface area (Å²) in [5.41, 5.74) is 0. The molecule has 2 heterocycles. The molecule has 0 spiro atoms. The van der Waals surface area contributed by atoms with Crippen LogP contribution in [0.5, 0.6) is 0 Å². The number of carbonyl (C=O) groups is 1. The molecule has 1 aliphatic heterocycles. The average Bonchev–Trinajstić information content (AvgIpc) is 2.39. The van der Waals surface area contributed by atoms with Crippen LogP contribution in [0.4, 0.5) is 10.2 Å². The molecule has 1 fully saturated rings. The lowest BCUT2D eigenvalue weighted by Crippen LogP contribution is -2.44. The number of anilines is 1. The fourth-order valence-electron chi connectivity index (χ4n) is 2.08. The van der Waals surface area contributed by atoms with E-state index in [1.807, 2.05) is 4.90 Å². The standard InChI is InChI=1S/C12H17FN4O/c1-9(12(18)17-5-3-2-4-6-17)16-11-7-10(13)14-8-15-11/h7-9H,2-6H2,1H3,(H,14,15,16). The molecule has 0 aliphatic carbocycles. The third kappa shape index (κ3) is 3.15. The molecule has 1 amide bonds. The van der Waals surface area contributed by atoms with Gasteiger partial charge in [0, 0.05) is 19.2 Å². The van der Waals surface area contributed by atoms with Crippen LogP contribution in [0.15, 0.2) is 12.4 Å². The summed E-state index contributed by atoms with van der Waals surface area (Å²) in [5, 5.41) is 2.90. The first-order valence-corrected chi connectivity index (χ1v) is 6.19. The summed E-state index contributed by atoms with van der Waals surface area (Å²) in [6, 6.07) is 0.775. The van der Waals surface area contributed by atoms with Crippen molar-refractivity contribution < 1.29 is 9.18 Å². The predicted molar refractivity (Wildman–Crippen MR) is 65.5 cm³/mol. The van der Waals surface area contributed by atoms with Gasteiger partial charge in [0.15, 0.2) is 0 Å². The molecule has 18 heavy (non-hydrogen) atoms. The van der Waals surface area contributed by atoms with Crippen LogP contribution in [0, 0.1) is 5.95 Å². The quantitative estimate of drug-likeness (QED) is 0.827. The van der Waals surface area contributed by atoms with Crippen molar-refractivity contribution >= 4 is 11.7 Å². The third-order valence-electron chi connectivity index (χ3n) is 3.04. The van der Waals surface area contributed by atoms with E-state index < -0.39 is 12.0 Å². The molecule has 1 N–H and O–H groups in total. The number of nitrogens with zero attached hydrogens (tertiary/aromatic N) is 3. The van der Waals surface area contributed by atoms with Gasteiger partial charge in [0.25, 0.3) is 0 Å². The summed E-state index contributed by atoms with van der Waals surface area (Å²) in [6.45, 7) is 3.38. The number of hydrogen-bond donors (Lipinski definition) is 1. The van der Waals surface area contributed by atoms with Gasteiger partial charge < -0.3 is 10.2 Å². The van der Waals surface area contributed by atoms with Gasteiger partial charge in [-0.25, -0.2) is 9.97 Å². The van der Waals surface area contributed by atoms with Gasteiger partial charge in [-0.3, -0.25) is 4.79 Å². The molecule has 0 radical (unpaired) electrons. The van der Waals surface area contributed by atoms with E-state index in [0.717, 1.165) is 32.3 Å². The zero-order valence-corrected chi connectivity index (χ0v) is 10.4. The normalized spacial score (nSPS) is 17.3. The third-order valence-corrected chi connectivity index (χ3v) is 3.04. The van der Waals surface area contributed by atoms with Crippen molar-refractivity contribution in [2.75, 3.05) is 18.4 Å². The summed E-state index contributed by atoms with van der Waals surface area (Å²) < 4.78 is 12.9. The van der Waals surface area contributed by atoms with Crippen molar-refractivity contribution in [1.82, 2.24) is 14.9 Å². The Morgan fingerprint density at radius 3 is 2.78 bits per heavy atom. The van der Waals surface area contributed by atoms with Gasteiger partial charge in [-0.15, -0.1) is 0 Å². The molecule has 1 aromatic rings. The van der Waals surface area contributed by atoms with Gasteiger partial charge in [-0.2, -0.15) is 4.39 Å². The smallest absolute Gasteiger partial charge is 0.244 e. The average molecular weight is 252 g/mol. The van der Waals surface area contributed by atoms with Gasteiger partial charge in [0.05, 0.1) is 0 Å². The number of likely N-dealkylation sites (tertiary alicyclic amines) is 1. The lowest BCUT2D eigenvalue weighted by atomic mass is 10.1. The molecule has 1 aromatic heterocycles. The fourth-order valence-corrected chi connectivity index (χ4v) is 2.08. The van der Waals surface area contributed by atoms with Crippen LogP contribution in [0.2, 0.25) is 0 Å². The maximum atomic E-state index is 12.9. The number of halogens is 1. The molecule has 98 valence electrons. The maximum absolute atomic E-state index is 12.9. The first kappa shape index (κ1) is 12.7. The van der Waals surface area contributed by atoms with Crippen LogP contribution in [0.3, 0.4) is 0 Å². The molecule has 2 rings (SSSR count). The summed E-state index contributed by atoms with van der Waals surface area (Å²) >= 11 is 0. The second-order valence-electron chi connectivity index (χ2n) is 4.48. The molecule has 1 atom stereocenters. The topological polar surface area (TPSA) is 58.1 Å². The lowest BCUT2D eigenvalue weighted by molar-refractivity contribution is -0.132. The number of rotatable bonds is 3. The number of hydrogen-bond acceptors (Lipinski definition) is 4. The van der Waals surface area contributed by atoms with Crippen LogP contribution < -0.4 is 5.32 Å². The first-order valence-electron chi connectivity index (χ1n) is 6.19. The Morgan fingerprint density at radius 1 is 1.39 bits per heavy atom. The van der Waals surface area contributed by atoms with E-state index in [1.165, 1.54) is 12.5 Å². The van der Waals surface area contributed by atoms with Crippen molar-refractivity contribution in [3.05, 3.63) is 18.3 Å². The Balaban J connectivity index is 1.94. The number of carbonyl (C=O) groups excluding carboxylic acids is 1. The summed E-state index contributed by atoms with van der Waals surface area (Å²) in [4.78, 5) is 21.2. The Morgan fingerprint density at radius 2 is 2.11 bits per heavy atom. The fraction of sp³-hybridized carbons (Fsp3) is 0.583. The van der Waals surface area contributed by atoms with E-state index in [2.05, 4.69) is 15.3 Å². The van der Waals surface area contributed by atoms with Gasteiger partial charge in [-0.1, -0.05) is 0 Å². The van der Waals surface area contributed by atoms with E-state index in [4.69, 9.17) is 0 Å². The molecule has 5 nitrogen and oxygen atoms in total. The van der Waals surface area contributed by atoms with Gasteiger partial charge in [0.1, 0.15) is 18.2 Å². The van der Waals surface area contributed by atoms with E-state index >= 15 is 0 Å². The molecule has 0 saturated carbocycles. The van der Waals surface area contributed by atoms with Crippen LogP contribution in [-0.2, 0) is 4.79 Å². The SMILES string of the molecule is CC(Nc1cc(F)ncn1)C(=O)N1CCCCC1. The highest BCUT2D eigenvalue weighted by Gasteiger charge is 2.22. The Hall–Kier alpha value is -1.72. The molecule has 1 aliphatic rings. The van der Waals surface area contributed by atoms with Crippen LogP contribution in [0.1, 0.15) is 26.2 Å². The van der Waals surface area contributed by atoms with Crippen LogP contribution >= 0.6 is 0 Å². The minimum Gasteiger partial charge on any atom is -0.358 e. The van der Waals surface area contributed by atoms with Crippen molar-refractivity contribution in [2.45, 2.75) is 32.2 Å². The zero-order chi connectivity index (χ0) is 13.0. The van der Waals surface area contributed by atoms with E-state index in [-0.39, 0.29) is 5.91 Å². The molecular weight excluding hydrogens is 235 g/mol. The number of nitrogens with one attached hydrogen (secondary N) is 1. The zero-order valence-electron chi connectivity index (χ0n) is 10.4. The van der Waals surface area contributed by atoms with E-state index in [1.54, 1.807) is 6.92 Å². The van der Waals surface area contributed by atoms with Gasteiger partial charge in [-0.05, 0) is 26.2 Å². The number of amides is 1. The first-order chi connectivity index (χ1) is 8.66. The van der Waals surface area contributed by atoms with Crippen molar-refractivity contribution in [3.8, 4) is 0 Å². The molecule has 0 bridgehead atoms. The highest BCUT2D eigenvalue weighted by atomic mass is 19.1. The summed E-state index contributed by atoms with van der Waals surface area (Å²) in [7, 11) is 0. The monoisotopic (exact) mass is 252 g/mol. The van der Waals surface area contributed by atoms with Crippen LogP contribution in [0.25, 0.3) is 0 Å². The highest BCUT2D eigenvalue weighted by molar-refractivity contribution is 5.84. The number of aromatic nitrogens is 2. The maximum Gasteiger partial charge on any atom is 0.244 e. The Kier molecular flexibility index (Phi) is 4.07. The van der Waals surface area contributed by atoms with Crippen LogP contribution in [-0.4, -0.2) is 39.9 Å². The predicted octanol–water partition coefficient (Wildman–Crippen LogP) is 1.43. The minimum absolute atomic E-state index is 0.0359. The summed E-state index contributed by atoms with van der Waals surface area (Å²) in [6.07, 6.45) is 4.43. The lowest BCUT2D eigenvalue weighted by Gasteiger charge is -2.29. The Bertz CT molecular complexity index is 420. The van der Waals surface area contributed by atoms with Gasteiger partial charge in [0.2, 0.25) is 11.9 Å².